The fraction of sp³-hybridized carbons (Fsp3) is 0.321. The maximum Gasteiger partial charge on any atom is 0.158 e. The molecule has 1 aliphatic heterocycles. The highest BCUT2D eigenvalue weighted by atomic mass is 19.1. The van der Waals surface area contributed by atoms with Crippen molar-refractivity contribution in [1.82, 2.24) is 34.2 Å². The summed E-state index contributed by atoms with van der Waals surface area (Å²) in [5.41, 5.74) is 4.96. The summed E-state index contributed by atoms with van der Waals surface area (Å²) in [7, 11) is 1.75. The fourth-order valence-electron chi connectivity index (χ4n) is 5.11. The van der Waals surface area contributed by atoms with Gasteiger partial charge in [0.15, 0.2) is 5.82 Å². The minimum atomic E-state index is -0.240. The van der Waals surface area contributed by atoms with Crippen LogP contribution in [0.15, 0.2) is 67.3 Å². The molecule has 10 heteroatoms. The summed E-state index contributed by atoms with van der Waals surface area (Å²) >= 11 is 0. The van der Waals surface area contributed by atoms with Gasteiger partial charge < -0.3 is 10.1 Å². The van der Waals surface area contributed by atoms with Gasteiger partial charge in [-0.1, -0.05) is 12.1 Å². The number of piperazine rings is 1. The predicted molar refractivity (Wildman–Crippen MR) is 145 cm³/mol. The molecule has 5 aromatic rings. The van der Waals surface area contributed by atoms with Crippen molar-refractivity contribution >= 4 is 27.9 Å². The number of benzene rings is 2. The van der Waals surface area contributed by atoms with E-state index in [1.165, 1.54) is 11.6 Å². The first-order valence-corrected chi connectivity index (χ1v) is 12.9. The second-order valence-corrected chi connectivity index (χ2v) is 9.68. The van der Waals surface area contributed by atoms with E-state index in [9.17, 15) is 4.39 Å². The van der Waals surface area contributed by atoms with Gasteiger partial charge in [0.2, 0.25) is 0 Å². The predicted octanol–water partition coefficient (Wildman–Crippen LogP) is 3.77. The third-order valence-corrected chi connectivity index (χ3v) is 7.13. The molecule has 0 amide bonds. The Bertz CT molecular complexity index is 1540. The Morgan fingerprint density at radius 3 is 2.68 bits per heavy atom. The summed E-state index contributed by atoms with van der Waals surface area (Å²) in [6.45, 7) is 7.25. The number of methoxy groups -OCH3 is 1. The van der Waals surface area contributed by atoms with E-state index in [0.717, 1.165) is 79.4 Å². The molecule has 1 aliphatic rings. The number of ether oxygens (including phenoxy) is 1. The van der Waals surface area contributed by atoms with Crippen molar-refractivity contribution in [3.05, 3.63) is 84.2 Å². The van der Waals surface area contributed by atoms with E-state index in [4.69, 9.17) is 4.74 Å². The Kier molecular flexibility index (Phi) is 7.00. The van der Waals surface area contributed by atoms with Crippen LogP contribution in [0.25, 0.3) is 16.4 Å². The molecule has 0 bridgehead atoms. The Morgan fingerprint density at radius 1 is 0.974 bits per heavy atom. The van der Waals surface area contributed by atoms with Gasteiger partial charge in [0.05, 0.1) is 24.9 Å². The van der Waals surface area contributed by atoms with Crippen molar-refractivity contribution in [3.8, 4) is 0 Å². The molecule has 0 aliphatic carbocycles. The molecule has 0 unspecified atom stereocenters. The van der Waals surface area contributed by atoms with Crippen LogP contribution < -0.4 is 5.32 Å². The monoisotopic (exact) mass is 514 g/mol. The van der Waals surface area contributed by atoms with E-state index in [2.05, 4.69) is 42.4 Å². The number of halogens is 1. The van der Waals surface area contributed by atoms with Gasteiger partial charge in [0.1, 0.15) is 17.7 Å². The van der Waals surface area contributed by atoms with Crippen molar-refractivity contribution in [2.75, 3.05) is 51.8 Å². The Morgan fingerprint density at radius 2 is 1.84 bits per heavy atom. The van der Waals surface area contributed by atoms with Crippen LogP contribution in [0.2, 0.25) is 0 Å². The van der Waals surface area contributed by atoms with Gasteiger partial charge in [0, 0.05) is 63.6 Å². The first kappa shape index (κ1) is 24.5. The SMILES string of the molecule is COCCN1CCN(Cc2ccn3ncnc(Nc4ccc5c(cnn5Cc5cccc(F)c5)c4)c23)CC1. The van der Waals surface area contributed by atoms with E-state index in [0.29, 0.717) is 6.54 Å². The largest absolute Gasteiger partial charge is 0.383 e. The molecule has 0 saturated carbocycles. The molecule has 1 fully saturated rings. The second-order valence-electron chi connectivity index (χ2n) is 9.68. The molecule has 9 nitrogen and oxygen atoms in total. The number of rotatable bonds is 9. The molecule has 196 valence electrons. The molecular weight excluding hydrogens is 483 g/mol. The minimum absolute atomic E-state index is 0.240. The van der Waals surface area contributed by atoms with Crippen LogP contribution in [0.1, 0.15) is 11.1 Å². The van der Waals surface area contributed by atoms with E-state index in [-0.39, 0.29) is 5.82 Å². The molecule has 3 aromatic heterocycles. The van der Waals surface area contributed by atoms with Crippen LogP contribution in [0, 0.1) is 5.82 Å². The summed E-state index contributed by atoms with van der Waals surface area (Å²) in [6.07, 6.45) is 5.40. The molecule has 2 aromatic carbocycles. The Balaban J connectivity index is 1.19. The number of nitrogens with one attached hydrogen (secondary N) is 1. The van der Waals surface area contributed by atoms with Crippen LogP contribution in [0.5, 0.6) is 0 Å². The lowest BCUT2D eigenvalue weighted by Crippen LogP contribution is -2.46. The van der Waals surface area contributed by atoms with Gasteiger partial charge in [-0.25, -0.2) is 13.9 Å². The Labute approximate surface area is 220 Å². The fourth-order valence-corrected chi connectivity index (χ4v) is 5.11. The quantitative estimate of drug-likeness (QED) is 0.321. The van der Waals surface area contributed by atoms with Gasteiger partial charge in [-0.15, -0.1) is 0 Å². The van der Waals surface area contributed by atoms with Crippen molar-refractivity contribution in [2.24, 2.45) is 0 Å². The smallest absolute Gasteiger partial charge is 0.158 e. The molecule has 1 saturated heterocycles. The first-order chi connectivity index (χ1) is 18.7. The van der Waals surface area contributed by atoms with Crippen molar-refractivity contribution < 1.29 is 9.13 Å². The lowest BCUT2D eigenvalue weighted by Gasteiger charge is -2.34. The third-order valence-electron chi connectivity index (χ3n) is 7.13. The average Bonchev–Trinajstić information content (AvgIpc) is 3.53. The van der Waals surface area contributed by atoms with Gasteiger partial charge in [-0.3, -0.25) is 14.5 Å². The molecule has 1 N–H and O–H groups in total. The van der Waals surface area contributed by atoms with E-state index in [1.807, 2.05) is 39.8 Å². The highest BCUT2D eigenvalue weighted by molar-refractivity contribution is 5.85. The number of hydrogen-bond donors (Lipinski definition) is 1. The molecule has 6 rings (SSSR count). The zero-order valence-corrected chi connectivity index (χ0v) is 21.4. The maximum atomic E-state index is 13.6. The zero-order valence-electron chi connectivity index (χ0n) is 21.4. The minimum Gasteiger partial charge on any atom is -0.383 e. The second kappa shape index (κ2) is 10.9. The van der Waals surface area contributed by atoms with Crippen LogP contribution >= 0.6 is 0 Å². The van der Waals surface area contributed by atoms with Crippen molar-refractivity contribution in [3.63, 3.8) is 0 Å². The maximum absolute atomic E-state index is 13.6. The lowest BCUT2D eigenvalue weighted by atomic mass is 10.2. The summed E-state index contributed by atoms with van der Waals surface area (Å²) in [5.74, 6) is 0.529. The molecule has 0 radical (unpaired) electrons. The average molecular weight is 515 g/mol. The summed E-state index contributed by atoms with van der Waals surface area (Å²) in [6, 6.07) is 14.9. The molecule has 4 heterocycles. The van der Waals surface area contributed by atoms with Crippen molar-refractivity contribution in [2.45, 2.75) is 13.1 Å². The van der Waals surface area contributed by atoms with Crippen LogP contribution in [0.4, 0.5) is 15.9 Å². The molecular formula is C28H31FN8O. The molecule has 38 heavy (non-hydrogen) atoms. The highest BCUT2D eigenvalue weighted by Crippen LogP contribution is 2.27. The molecule has 0 atom stereocenters. The number of hydrogen-bond acceptors (Lipinski definition) is 7. The normalized spacial score (nSPS) is 15.0. The number of fused-ring (bicyclic) bond motifs is 2. The molecule has 0 spiro atoms. The Hall–Kier alpha value is -3.86. The number of nitrogens with zero attached hydrogens (tertiary/aromatic N) is 7. The van der Waals surface area contributed by atoms with Gasteiger partial charge >= 0.3 is 0 Å². The summed E-state index contributed by atoms with van der Waals surface area (Å²) in [5, 5.41) is 13.5. The topological polar surface area (TPSA) is 75.8 Å². The number of anilines is 2. The van der Waals surface area contributed by atoms with Crippen LogP contribution in [0.3, 0.4) is 0 Å². The third kappa shape index (κ3) is 5.24. The van der Waals surface area contributed by atoms with Gasteiger partial charge in [0.25, 0.3) is 0 Å². The van der Waals surface area contributed by atoms with E-state index < -0.39 is 0 Å². The van der Waals surface area contributed by atoms with Gasteiger partial charge in [-0.2, -0.15) is 10.2 Å². The van der Waals surface area contributed by atoms with Crippen LogP contribution in [-0.4, -0.2) is 80.6 Å². The summed E-state index contributed by atoms with van der Waals surface area (Å²) < 4.78 is 22.6. The van der Waals surface area contributed by atoms with Crippen molar-refractivity contribution in [1.29, 1.82) is 0 Å². The van der Waals surface area contributed by atoms with E-state index in [1.54, 1.807) is 25.6 Å². The van der Waals surface area contributed by atoms with Crippen LogP contribution in [-0.2, 0) is 17.8 Å². The summed E-state index contributed by atoms with van der Waals surface area (Å²) in [4.78, 5) is 9.51. The highest BCUT2D eigenvalue weighted by Gasteiger charge is 2.19. The lowest BCUT2D eigenvalue weighted by molar-refractivity contribution is 0.0940. The zero-order chi connectivity index (χ0) is 25.9. The van der Waals surface area contributed by atoms with Gasteiger partial charge in [-0.05, 0) is 47.5 Å². The standard InChI is InChI=1S/C28H31FN8O/c1-38-14-13-34-9-11-35(12-10-34)19-22-7-8-36-27(22)28(30-20-32-36)33-25-5-6-26-23(16-25)17-31-37(26)18-21-3-2-4-24(29)15-21/h2-8,15-17,20H,9-14,18-19H2,1H3,(H,30,32,33). The van der Waals surface area contributed by atoms with E-state index >= 15 is 0 Å². The first-order valence-electron chi connectivity index (χ1n) is 12.9. The number of aromatic nitrogens is 5.